The van der Waals surface area contributed by atoms with Crippen molar-refractivity contribution in [2.24, 2.45) is 0 Å². The second-order valence-electron chi connectivity index (χ2n) is 7.80. The number of piperazine rings is 1. The molecule has 0 amide bonds. The number of hydrogen-bond acceptors (Lipinski definition) is 7. The number of oxazole rings is 1. The van der Waals surface area contributed by atoms with Crippen LogP contribution < -0.4 is 0 Å². The molecule has 0 unspecified atom stereocenters. The topological polar surface area (TPSA) is 71.4 Å². The molecule has 0 saturated carbocycles. The van der Waals surface area contributed by atoms with Crippen molar-refractivity contribution in [1.29, 1.82) is 0 Å². The van der Waals surface area contributed by atoms with E-state index in [1.54, 1.807) is 6.26 Å². The zero-order chi connectivity index (χ0) is 20.9. The summed E-state index contributed by atoms with van der Waals surface area (Å²) in [6.07, 6.45) is 2.41. The van der Waals surface area contributed by atoms with E-state index < -0.39 is 0 Å². The molecule has 1 saturated heterocycles. The van der Waals surface area contributed by atoms with Gasteiger partial charge in [0.1, 0.15) is 12.0 Å². The number of nitrogens with zero attached hydrogens (tertiary/aromatic N) is 5. The van der Waals surface area contributed by atoms with Crippen LogP contribution in [0.5, 0.6) is 0 Å². The summed E-state index contributed by atoms with van der Waals surface area (Å²) in [7, 11) is 0. The highest BCUT2D eigenvalue weighted by atomic mass is 16.4. The van der Waals surface area contributed by atoms with Crippen molar-refractivity contribution >= 4 is 0 Å². The minimum atomic E-state index is 0.665. The second-order valence-corrected chi connectivity index (χ2v) is 7.80. The van der Waals surface area contributed by atoms with Gasteiger partial charge in [0, 0.05) is 31.7 Å². The molecule has 7 heteroatoms. The monoisotopic (exact) mass is 415 g/mol. The summed E-state index contributed by atoms with van der Waals surface area (Å²) in [5.41, 5.74) is 3.14. The predicted octanol–water partition coefficient (Wildman–Crippen LogP) is 3.63. The molecule has 4 aromatic rings. The van der Waals surface area contributed by atoms with Crippen LogP contribution in [-0.2, 0) is 19.5 Å². The van der Waals surface area contributed by atoms with Crippen molar-refractivity contribution in [3.8, 4) is 11.3 Å². The molecule has 1 fully saturated rings. The van der Waals surface area contributed by atoms with Crippen molar-refractivity contribution in [2.45, 2.75) is 19.5 Å². The largest absolute Gasteiger partial charge is 0.447 e. The van der Waals surface area contributed by atoms with E-state index in [0.717, 1.165) is 49.9 Å². The highest BCUT2D eigenvalue weighted by Crippen LogP contribution is 2.19. The first kappa shape index (κ1) is 19.7. The van der Waals surface area contributed by atoms with Crippen LogP contribution in [0.2, 0.25) is 0 Å². The van der Waals surface area contributed by atoms with Crippen molar-refractivity contribution in [2.75, 3.05) is 26.2 Å². The minimum absolute atomic E-state index is 0.665. The van der Waals surface area contributed by atoms with E-state index in [0.29, 0.717) is 24.7 Å². The zero-order valence-electron chi connectivity index (χ0n) is 17.4. The summed E-state index contributed by atoms with van der Waals surface area (Å²) in [5, 5.41) is 8.43. The maximum atomic E-state index is 5.86. The summed E-state index contributed by atoms with van der Waals surface area (Å²) in [4.78, 5) is 9.36. The fourth-order valence-electron chi connectivity index (χ4n) is 3.81. The number of benzene rings is 2. The Morgan fingerprint density at radius 1 is 0.710 bits per heavy atom. The standard InChI is InChI=1S/C24H25N5O2/c1-3-7-19(8-4-1)15-22-26-27-24(31-22)17-29-13-11-28(12-14-29)16-23-25-21(18-30-23)20-9-5-2-6-10-20/h1-10,18H,11-17H2. The molecule has 2 aromatic heterocycles. The summed E-state index contributed by atoms with van der Waals surface area (Å²) >= 11 is 0. The molecule has 31 heavy (non-hydrogen) atoms. The first-order chi connectivity index (χ1) is 15.3. The van der Waals surface area contributed by atoms with Crippen molar-refractivity contribution in [1.82, 2.24) is 25.0 Å². The molecular formula is C24H25N5O2. The summed E-state index contributed by atoms with van der Waals surface area (Å²) < 4.78 is 11.6. The normalized spacial score (nSPS) is 15.4. The molecule has 0 bridgehead atoms. The highest BCUT2D eigenvalue weighted by molar-refractivity contribution is 5.57. The average Bonchev–Trinajstić information content (AvgIpc) is 3.46. The molecule has 0 N–H and O–H groups in total. The van der Waals surface area contributed by atoms with Crippen LogP contribution in [-0.4, -0.2) is 51.2 Å². The van der Waals surface area contributed by atoms with Gasteiger partial charge in [0.2, 0.25) is 17.7 Å². The van der Waals surface area contributed by atoms with Gasteiger partial charge in [0.15, 0.2) is 0 Å². The van der Waals surface area contributed by atoms with E-state index in [1.165, 1.54) is 5.56 Å². The van der Waals surface area contributed by atoms with Gasteiger partial charge in [0.25, 0.3) is 0 Å². The van der Waals surface area contributed by atoms with Gasteiger partial charge in [-0.1, -0.05) is 60.7 Å². The second kappa shape index (κ2) is 9.24. The molecule has 0 spiro atoms. The molecule has 1 aliphatic heterocycles. The van der Waals surface area contributed by atoms with Gasteiger partial charge in [-0.25, -0.2) is 4.98 Å². The number of rotatable bonds is 7. The fraction of sp³-hybridized carbons (Fsp3) is 0.292. The van der Waals surface area contributed by atoms with E-state index in [4.69, 9.17) is 8.83 Å². The molecule has 1 aliphatic rings. The smallest absolute Gasteiger partial charge is 0.230 e. The molecule has 2 aromatic carbocycles. The Kier molecular flexibility index (Phi) is 5.86. The number of hydrogen-bond donors (Lipinski definition) is 0. The van der Waals surface area contributed by atoms with Gasteiger partial charge < -0.3 is 8.83 Å². The van der Waals surface area contributed by atoms with E-state index >= 15 is 0 Å². The SMILES string of the molecule is c1ccc(Cc2nnc(CN3CCN(Cc4nc(-c5ccccc5)co4)CC3)o2)cc1. The molecule has 158 valence electrons. The van der Waals surface area contributed by atoms with Crippen LogP contribution in [0, 0.1) is 0 Å². The van der Waals surface area contributed by atoms with E-state index in [9.17, 15) is 0 Å². The van der Waals surface area contributed by atoms with E-state index in [1.807, 2.05) is 48.5 Å². The lowest BCUT2D eigenvalue weighted by Crippen LogP contribution is -2.45. The third-order valence-corrected chi connectivity index (χ3v) is 5.51. The van der Waals surface area contributed by atoms with Gasteiger partial charge in [-0.2, -0.15) is 0 Å². The lowest BCUT2D eigenvalue weighted by molar-refractivity contribution is 0.107. The maximum absolute atomic E-state index is 5.86. The van der Waals surface area contributed by atoms with Gasteiger partial charge in [-0.3, -0.25) is 9.80 Å². The Bertz CT molecular complexity index is 1090. The first-order valence-corrected chi connectivity index (χ1v) is 10.6. The average molecular weight is 415 g/mol. The Hall–Kier alpha value is -3.29. The molecule has 0 aliphatic carbocycles. The van der Waals surface area contributed by atoms with Crippen LogP contribution in [0.4, 0.5) is 0 Å². The lowest BCUT2D eigenvalue weighted by atomic mass is 10.2. The van der Waals surface area contributed by atoms with E-state index in [-0.39, 0.29) is 0 Å². The van der Waals surface area contributed by atoms with Crippen LogP contribution in [0.25, 0.3) is 11.3 Å². The molecule has 5 rings (SSSR count). The van der Waals surface area contributed by atoms with Crippen LogP contribution in [0.3, 0.4) is 0 Å². The summed E-state index contributed by atoms with van der Waals surface area (Å²) in [6.45, 7) is 5.21. The van der Waals surface area contributed by atoms with Gasteiger partial charge in [0.05, 0.1) is 19.5 Å². The Morgan fingerprint density at radius 2 is 1.32 bits per heavy atom. The predicted molar refractivity (Wildman–Crippen MR) is 116 cm³/mol. The molecule has 7 nitrogen and oxygen atoms in total. The number of aromatic nitrogens is 3. The van der Waals surface area contributed by atoms with Gasteiger partial charge in [-0.15, -0.1) is 10.2 Å². The van der Waals surface area contributed by atoms with E-state index in [2.05, 4.69) is 37.1 Å². The Balaban J connectivity index is 1.10. The molecule has 0 atom stereocenters. The lowest BCUT2D eigenvalue weighted by Gasteiger charge is -2.33. The van der Waals surface area contributed by atoms with Crippen LogP contribution in [0.15, 0.2) is 75.8 Å². The first-order valence-electron chi connectivity index (χ1n) is 10.6. The zero-order valence-corrected chi connectivity index (χ0v) is 17.4. The van der Waals surface area contributed by atoms with Crippen molar-refractivity contribution < 1.29 is 8.83 Å². The summed E-state index contributed by atoms with van der Waals surface area (Å²) in [6, 6.07) is 20.3. The summed E-state index contributed by atoms with van der Waals surface area (Å²) in [5.74, 6) is 2.10. The Morgan fingerprint density at radius 3 is 2.03 bits per heavy atom. The third-order valence-electron chi connectivity index (χ3n) is 5.51. The molecule has 3 heterocycles. The van der Waals surface area contributed by atoms with Crippen LogP contribution >= 0.6 is 0 Å². The quantitative estimate of drug-likeness (QED) is 0.456. The molecule has 0 radical (unpaired) electrons. The van der Waals surface area contributed by atoms with Crippen molar-refractivity contribution in [3.63, 3.8) is 0 Å². The van der Waals surface area contributed by atoms with Crippen LogP contribution in [0.1, 0.15) is 23.2 Å². The maximum Gasteiger partial charge on any atom is 0.230 e. The van der Waals surface area contributed by atoms with Crippen molar-refractivity contribution in [3.05, 3.63) is 90.2 Å². The van der Waals surface area contributed by atoms with Gasteiger partial charge in [-0.05, 0) is 5.56 Å². The Labute approximate surface area is 181 Å². The third kappa shape index (κ3) is 5.07. The minimum Gasteiger partial charge on any atom is -0.447 e. The highest BCUT2D eigenvalue weighted by Gasteiger charge is 2.21. The van der Waals surface area contributed by atoms with Gasteiger partial charge >= 0.3 is 0 Å². The molecular weight excluding hydrogens is 390 g/mol. The fourth-order valence-corrected chi connectivity index (χ4v) is 3.81.